The molecule has 1 atom stereocenters. The highest BCUT2D eigenvalue weighted by atomic mass is 16.6. The van der Waals surface area contributed by atoms with E-state index in [1.165, 1.54) is 18.2 Å². The Morgan fingerprint density at radius 2 is 2.24 bits per heavy atom. The molecule has 1 aromatic heterocycles. The lowest BCUT2D eigenvalue weighted by Gasteiger charge is -2.31. The van der Waals surface area contributed by atoms with Crippen LogP contribution in [0.2, 0.25) is 0 Å². The zero-order valence-corrected chi connectivity index (χ0v) is 12.8. The number of ether oxygens (including phenoxy) is 1. The van der Waals surface area contributed by atoms with Crippen molar-refractivity contribution in [3.63, 3.8) is 0 Å². The smallest absolute Gasteiger partial charge is 0.269 e. The molecule has 0 bridgehead atoms. The van der Waals surface area contributed by atoms with Crippen molar-refractivity contribution in [1.82, 2.24) is 10.2 Å². The van der Waals surface area contributed by atoms with Crippen molar-refractivity contribution in [2.75, 3.05) is 5.32 Å². The second-order valence-corrected chi connectivity index (χ2v) is 5.67. The number of carbonyl (C=O) groups is 1. The van der Waals surface area contributed by atoms with Crippen molar-refractivity contribution in [2.45, 2.75) is 12.3 Å². The molecule has 3 heterocycles. The lowest BCUT2D eigenvalue weighted by Crippen LogP contribution is -2.42. The Labute approximate surface area is 140 Å². The number of rotatable bonds is 1. The number of nitrogens with zero attached hydrogens (tertiary/aromatic N) is 3. The zero-order chi connectivity index (χ0) is 17.9. The number of amides is 1. The summed E-state index contributed by atoms with van der Waals surface area (Å²) in [5.74, 6) is -0.754. The third-order valence-electron chi connectivity index (χ3n) is 4.44. The van der Waals surface area contributed by atoms with E-state index in [0.717, 1.165) is 0 Å². The number of anilines is 1. The summed E-state index contributed by atoms with van der Waals surface area (Å²) in [5.41, 5.74) is 5.29. The van der Waals surface area contributed by atoms with Crippen LogP contribution in [-0.2, 0) is 10.2 Å². The molecule has 0 unspecified atom stereocenters. The maximum absolute atomic E-state index is 13.0. The largest absolute Gasteiger partial charge is 0.420 e. The minimum atomic E-state index is -1.65. The monoisotopic (exact) mass is 338 g/mol. The van der Waals surface area contributed by atoms with Crippen LogP contribution in [-0.4, -0.2) is 21.0 Å². The van der Waals surface area contributed by atoms with Gasteiger partial charge in [-0.15, -0.1) is 5.10 Å². The first-order valence-electron chi connectivity index (χ1n) is 7.15. The van der Waals surface area contributed by atoms with Gasteiger partial charge in [0.25, 0.3) is 5.69 Å². The standard InChI is InChI=1S/C15H10N6O4/c1-6-11-13(20-19-6)25-12(17)9(5-16)15(11)8-4-7(21(23)24)2-3-10(8)18-14(15)22/h2-4H,17H2,1H3,(H,18,22)(H,19,20)/t15-/m0/s1. The quantitative estimate of drug-likeness (QED) is 0.515. The van der Waals surface area contributed by atoms with E-state index in [1.807, 2.05) is 6.07 Å². The lowest BCUT2D eigenvalue weighted by atomic mass is 9.69. The molecule has 25 heavy (non-hydrogen) atoms. The summed E-state index contributed by atoms with van der Waals surface area (Å²) < 4.78 is 5.36. The average molecular weight is 338 g/mol. The molecule has 2 aromatic rings. The molecule has 1 aromatic carbocycles. The summed E-state index contributed by atoms with van der Waals surface area (Å²) in [6, 6.07) is 5.89. The highest BCUT2D eigenvalue weighted by Gasteiger charge is 2.58. The van der Waals surface area contributed by atoms with E-state index in [2.05, 4.69) is 15.5 Å². The topological polar surface area (TPSA) is 160 Å². The summed E-state index contributed by atoms with van der Waals surface area (Å²) in [6.07, 6.45) is 0. The number of H-pyrrole nitrogens is 1. The van der Waals surface area contributed by atoms with Crippen LogP contribution in [0.15, 0.2) is 29.7 Å². The van der Waals surface area contributed by atoms with Crippen LogP contribution in [0, 0.1) is 28.4 Å². The first-order valence-corrected chi connectivity index (χ1v) is 7.15. The number of nitro benzene ring substituents is 1. The lowest BCUT2D eigenvalue weighted by molar-refractivity contribution is -0.384. The van der Waals surface area contributed by atoms with Crippen LogP contribution in [0.3, 0.4) is 0 Å². The molecule has 0 saturated heterocycles. The first-order chi connectivity index (χ1) is 11.9. The number of carbonyl (C=O) groups excluding carboxylic acids is 1. The molecule has 2 aliphatic heterocycles. The SMILES string of the molecule is Cc1[nH]nc2c1[C@@]1(C(=O)Nc3ccc([N+](=O)[O-])cc31)C(C#N)=C(N)O2. The number of non-ortho nitro benzene ring substituents is 1. The van der Waals surface area contributed by atoms with Gasteiger partial charge in [0.15, 0.2) is 0 Å². The summed E-state index contributed by atoms with van der Waals surface area (Å²) in [6.45, 7) is 1.66. The van der Waals surface area contributed by atoms with Gasteiger partial charge in [0.1, 0.15) is 17.1 Å². The summed E-state index contributed by atoms with van der Waals surface area (Å²) in [4.78, 5) is 23.6. The van der Waals surface area contributed by atoms with Crippen LogP contribution in [0.25, 0.3) is 0 Å². The van der Waals surface area contributed by atoms with Crippen molar-refractivity contribution in [2.24, 2.45) is 5.73 Å². The van der Waals surface area contributed by atoms with E-state index in [4.69, 9.17) is 10.5 Å². The maximum Gasteiger partial charge on any atom is 0.269 e. The zero-order valence-electron chi connectivity index (χ0n) is 12.8. The van der Waals surface area contributed by atoms with Crippen molar-refractivity contribution in [3.8, 4) is 11.9 Å². The number of benzene rings is 1. The van der Waals surface area contributed by atoms with Gasteiger partial charge in [0.05, 0.1) is 10.5 Å². The van der Waals surface area contributed by atoms with Gasteiger partial charge in [-0.05, 0) is 13.0 Å². The number of nitrogens with two attached hydrogens (primary N) is 1. The third kappa shape index (κ3) is 1.61. The Hall–Kier alpha value is -3.87. The van der Waals surface area contributed by atoms with Gasteiger partial charge in [-0.1, -0.05) is 0 Å². The fourth-order valence-corrected chi connectivity index (χ4v) is 3.43. The number of nitrogens with one attached hydrogen (secondary N) is 2. The van der Waals surface area contributed by atoms with Gasteiger partial charge in [-0.25, -0.2) is 0 Å². The molecule has 0 fully saturated rings. The first kappa shape index (κ1) is 14.7. The molecule has 0 radical (unpaired) electrons. The highest BCUT2D eigenvalue weighted by Crippen LogP contribution is 2.54. The third-order valence-corrected chi connectivity index (χ3v) is 4.44. The van der Waals surface area contributed by atoms with E-state index in [-0.39, 0.29) is 28.6 Å². The maximum atomic E-state index is 13.0. The number of aryl methyl sites for hydroxylation is 1. The molecular formula is C15H10N6O4. The number of aromatic amines is 1. The molecule has 124 valence electrons. The van der Waals surface area contributed by atoms with Gasteiger partial charge in [-0.3, -0.25) is 20.0 Å². The van der Waals surface area contributed by atoms with E-state index in [9.17, 15) is 20.2 Å². The number of hydrogen-bond acceptors (Lipinski definition) is 7. The Balaban J connectivity index is 2.16. The molecule has 10 heteroatoms. The van der Waals surface area contributed by atoms with Crippen LogP contribution in [0.4, 0.5) is 11.4 Å². The molecule has 1 amide bonds. The number of nitriles is 1. The van der Waals surface area contributed by atoms with E-state index >= 15 is 0 Å². The van der Waals surface area contributed by atoms with E-state index in [0.29, 0.717) is 16.9 Å². The number of aromatic nitrogens is 2. The number of nitro groups is 1. The van der Waals surface area contributed by atoms with Crippen LogP contribution < -0.4 is 15.8 Å². The minimum Gasteiger partial charge on any atom is -0.420 e. The van der Waals surface area contributed by atoms with Gasteiger partial charge >= 0.3 is 0 Å². The van der Waals surface area contributed by atoms with Gasteiger partial charge in [0.2, 0.25) is 17.7 Å². The van der Waals surface area contributed by atoms with Crippen molar-refractivity contribution < 1.29 is 14.5 Å². The Kier molecular flexibility index (Phi) is 2.69. The van der Waals surface area contributed by atoms with Crippen molar-refractivity contribution in [3.05, 3.63) is 56.6 Å². The molecule has 4 N–H and O–H groups in total. The summed E-state index contributed by atoms with van der Waals surface area (Å²) in [7, 11) is 0. The fraction of sp³-hybridized carbons (Fsp3) is 0.133. The molecule has 10 nitrogen and oxygen atoms in total. The number of fused-ring (bicyclic) bond motifs is 4. The molecule has 0 saturated carbocycles. The Morgan fingerprint density at radius 1 is 1.48 bits per heavy atom. The van der Waals surface area contributed by atoms with Crippen molar-refractivity contribution in [1.29, 1.82) is 5.26 Å². The summed E-state index contributed by atoms with van der Waals surface area (Å²) in [5, 5.41) is 30.2. The van der Waals surface area contributed by atoms with Crippen LogP contribution >= 0.6 is 0 Å². The molecule has 0 aliphatic carbocycles. The average Bonchev–Trinajstić information content (AvgIpc) is 3.06. The highest BCUT2D eigenvalue weighted by molar-refractivity contribution is 6.13. The van der Waals surface area contributed by atoms with Crippen molar-refractivity contribution >= 4 is 17.3 Å². The minimum absolute atomic E-state index is 0.0588. The predicted octanol–water partition coefficient (Wildman–Crippen LogP) is 0.951. The number of hydrogen-bond donors (Lipinski definition) is 3. The normalized spacial score (nSPS) is 20.6. The Morgan fingerprint density at radius 3 is 2.92 bits per heavy atom. The van der Waals surface area contributed by atoms with E-state index in [1.54, 1.807) is 6.92 Å². The summed E-state index contributed by atoms with van der Waals surface area (Å²) >= 11 is 0. The second-order valence-electron chi connectivity index (χ2n) is 5.67. The van der Waals surface area contributed by atoms with Gasteiger partial charge in [-0.2, -0.15) is 5.26 Å². The molecular weight excluding hydrogens is 328 g/mol. The van der Waals surface area contributed by atoms with Crippen LogP contribution in [0.1, 0.15) is 16.8 Å². The molecule has 4 rings (SSSR count). The van der Waals surface area contributed by atoms with E-state index < -0.39 is 16.2 Å². The van der Waals surface area contributed by atoms with Gasteiger partial charge < -0.3 is 15.8 Å². The molecule has 2 aliphatic rings. The molecule has 1 spiro atoms. The fourth-order valence-electron chi connectivity index (χ4n) is 3.43. The second kappa shape index (κ2) is 4.57. The Bertz CT molecular complexity index is 1050. The van der Waals surface area contributed by atoms with Crippen LogP contribution in [0.5, 0.6) is 5.88 Å². The van der Waals surface area contributed by atoms with Gasteiger partial charge in [0, 0.05) is 29.1 Å². The predicted molar refractivity (Wildman–Crippen MR) is 83.3 cm³/mol.